The normalized spacial score (nSPS) is 16.5. The largest absolute Gasteiger partial charge is 0.321 e. The van der Waals surface area contributed by atoms with Crippen molar-refractivity contribution in [3.8, 4) is 6.07 Å². The Bertz CT molecular complexity index is 440. The van der Waals surface area contributed by atoms with E-state index in [2.05, 4.69) is 5.32 Å². The molecule has 1 aliphatic rings. The first-order valence-electron chi connectivity index (χ1n) is 3.83. The number of nitrogens with one attached hydrogen (secondary N) is 1. The van der Waals surface area contributed by atoms with E-state index in [-0.39, 0.29) is 5.91 Å². The Balaban J connectivity index is 2.61. The summed E-state index contributed by atoms with van der Waals surface area (Å²) in [6, 6.07) is 9.16. The minimum Gasteiger partial charge on any atom is -0.321 e. The number of nitriles is 1. The summed E-state index contributed by atoms with van der Waals surface area (Å²) in [5.74, 6) is -0.206. The first-order valence-corrected chi connectivity index (χ1v) is 3.83. The average molecular weight is 170 g/mol. The predicted octanol–water partition coefficient (Wildman–Crippen LogP) is 1.55. The second kappa shape index (κ2) is 2.76. The van der Waals surface area contributed by atoms with Crippen LogP contribution in [0.25, 0.3) is 5.57 Å². The number of anilines is 1. The van der Waals surface area contributed by atoms with E-state index in [0.29, 0.717) is 5.57 Å². The third-order valence-corrected chi connectivity index (χ3v) is 1.92. The molecule has 1 aromatic rings. The van der Waals surface area contributed by atoms with E-state index in [1.165, 1.54) is 6.08 Å². The second-order valence-corrected chi connectivity index (χ2v) is 2.69. The minimum atomic E-state index is -0.206. The van der Waals surface area contributed by atoms with Crippen molar-refractivity contribution in [3.63, 3.8) is 0 Å². The van der Waals surface area contributed by atoms with Crippen molar-refractivity contribution in [1.29, 1.82) is 5.26 Å². The summed E-state index contributed by atoms with van der Waals surface area (Å²) >= 11 is 0. The Morgan fingerprint density at radius 3 is 2.92 bits per heavy atom. The van der Waals surface area contributed by atoms with E-state index >= 15 is 0 Å². The van der Waals surface area contributed by atoms with Gasteiger partial charge in [-0.15, -0.1) is 0 Å². The molecule has 62 valence electrons. The fourth-order valence-corrected chi connectivity index (χ4v) is 1.35. The van der Waals surface area contributed by atoms with Gasteiger partial charge in [0, 0.05) is 17.3 Å². The molecule has 0 aromatic heterocycles. The van der Waals surface area contributed by atoms with Gasteiger partial charge in [0.1, 0.15) is 0 Å². The molecule has 3 heteroatoms. The molecule has 2 rings (SSSR count). The summed E-state index contributed by atoms with van der Waals surface area (Å²) in [5, 5.41) is 11.1. The zero-order valence-electron chi connectivity index (χ0n) is 6.74. The number of allylic oxidation sites excluding steroid dienone is 1. The van der Waals surface area contributed by atoms with Gasteiger partial charge in [0.25, 0.3) is 5.91 Å². The van der Waals surface area contributed by atoms with Gasteiger partial charge in [0.2, 0.25) is 0 Å². The first-order chi connectivity index (χ1) is 6.33. The number of benzene rings is 1. The number of rotatable bonds is 0. The molecule has 0 aliphatic carbocycles. The lowest BCUT2D eigenvalue weighted by atomic mass is 10.1. The molecule has 3 nitrogen and oxygen atoms in total. The maximum atomic E-state index is 11.3. The van der Waals surface area contributed by atoms with Crippen LogP contribution in [0.15, 0.2) is 30.3 Å². The summed E-state index contributed by atoms with van der Waals surface area (Å²) in [4.78, 5) is 11.3. The van der Waals surface area contributed by atoms with Gasteiger partial charge in [-0.1, -0.05) is 18.2 Å². The predicted molar refractivity (Wildman–Crippen MR) is 48.7 cm³/mol. The van der Waals surface area contributed by atoms with Gasteiger partial charge in [0.05, 0.1) is 11.6 Å². The van der Waals surface area contributed by atoms with Gasteiger partial charge >= 0.3 is 0 Å². The summed E-state index contributed by atoms with van der Waals surface area (Å²) < 4.78 is 0. The molecule has 1 aliphatic heterocycles. The number of fused-ring (bicyclic) bond motifs is 1. The second-order valence-electron chi connectivity index (χ2n) is 2.69. The smallest absolute Gasteiger partial charge is 0.257 e. The van der Waals surface area contributed by atoms with E-state index in [1.807, 2.05) is 30.3 Å². The number of hydrogen-bond donors (Lipinski definition) is 1. The van der Waals surface area contributed by atoms with Crippen LogP contribution in [0, 0.1) is 11.3 Å². The SMILES string of the molecule is N#C/C=C1\C(=O)Nc2ccccc21. The molecule has 1 heterocycles. The van der Waals surface area contributed by atoms with Gasteiger partial charge in [-0.3, -0.25) is 4.79 Å². The molecule has 0 unspecified atom stereocenters. The highest BCUT2D eigenvalue weighted by atomic mass is 16.1. The number of carbonyl (C=O) groups is 1. The van der Waals surface area contributed by atoms with Crippen molar-refractivity contribution in [1.82, 2.24) is 0 Å². The molecule has 0 fully saturated rings. The standard InChI is InChI=1S/C10H6N2O/c11-6-5-8-7-3-1-2-4-9(7)12-10(8)13/h1-5H,(H,12,13)/b8-5-. The van der Waals surface area contributed by atoms with Crippen LogP contribution in [0.5, 0.6) is 0 Å². The van der Waals surface area contributed by atoms with Gasteiger partial charge in [-0.2, -0.15) is 5.26 Å². The molecular formula is C10H6N2O. The number of amides is 1. The Morgan fingerprint density at radius 2 is 2.15 bits per heavy atom. The van der Waals surface area contributed by atoms with E-state index in [9.17, 15) is 4.79 Å². The molecule has 0 radical (unpaired) electrons. The monoisotopic (exact) mass is 170 g/mol. The topological polar surface area (TPSA) is 52.9 Å². The maximum absolute atomic E-state index is 11.3. The van der Waals surface area contributed by atoms with Gasteiger partial charge in [0.15, 0.2) is 0 Å². The summed E-state index contributed by atoms with van der Waals surface area (Å²) in [6.07, 6.45) is 1.27. The van der Waals surface area contributed by atoms with Crippen LogP contribution in [0.1, 0.15) is 5.56 Å². The van der Waals surface area contributed by atoms with Gasteiger partial charge in [-0.05, 0) is 6.07 Å². The van der Waals surface area contributed by atoms with Crippen LogP contribution in [-0.2, 0) is 4.79 Å². The van der Waals surface area contributed by atoms with Crippen molar-refractivity contribution in [2.75, 3.05) is 5.32 Å². The van der Waals surface area contributed by atoms with Crippen LogP contribution in [-0.4, -0.2) is 5.91 Å². The van der Waals surface area contributed by atoms with Crippen LogP contribution in [0.4, 0.5) is 5.69 Å². The molecule has 0 spiro atoms. The van der Waals surface area contributed by atoms with Gasteiger partial charge < -0.3 is 5.32 Å². The molecule has 0 saturated carbocycles. The highest BCUT2D eigenvalue weighted by Gasteiger charge is 2.22. The summed E-state index contributed by atoms with van der Waals surface area (Å²) in [6.45, 7) is 0. The summed E-state index contributed by atoms with van der Waals surface area (Å²) in [7, 11) is 0. The molecular weight excluding hydrogens is 164 g/mol. The molecule has 1 amide bonds. The Labute approximate surface area is 75.3 Å². The highest BCUT2D eigenvalue weighted by molar-refractivity contribution is 6.31. The van der Waals surface area contributed by atoms with Crippen molar-refractivity contribution in [3.05, 3.63) is 35.9 Å². The third-order valence-electron chi connectivity index (χ3n) is 1.92. The van der Waals surface area contributed by atoms with Gasteiger partial charge in [-0.25, -0.2) is 0 Å². The number of nitrogens with zero attached hydrogens (tertiary/aromatic N) is 1. The number of carbonyl (C=O) groups excluding carboxylic acids is 1. The van der Waals surface area contributed by atoms with E-state index in [4.69, 9.17) is 5.26 Å². The molecule has 1 N–H and O–H groups in total. The first kappa shape index (κ1) is 7.56. The summed E-state index contributed by atoms with van der Waals surface area (Å²) in [5.41, 5.74) is 2.01. The van der Waals surface area contributed by atoms with Crippen LogP contribution in [0.2, 0.25) is 0 Å². The Hall–Kier alpha value is -2.08. The van der Waals surface area contributed by atoms with Crippen molar-refractivity contribution in [2.24, 2.45) is 0 Å². The zero-order chi connectivity index (χ0) is 9.26. The van der Waals surface area contributed by atoms with E-state index in [1.54, 1.807) is 0 Å². The van der Waals surface area contributed by atoms with Crippen LogP contribution in [0.3, 0.4) is 0 Å². The highest BCUT2D eigenvalue weighted by Crippen LogP contribution is 2.30. The fraction of sp³-hybridized carbons (Fsp3) is 0. The number of hydrogen-bond acceptors (Lipinski definition) is 2. The molecule has 0 atom stereocenters. The number of para-hydroxylation sites is 1. The molecule has 13 heavy (non-hydrogen) atoms. The minimum absolute atomic E-state index is 0.206. The Kier molecular flexibility index (Phi) is 1.60. The van der Waals surface area contributed by atoms with E-state index in [0.717, 1.165) is 11.3 Å². The average Bonchev–Trinajstić information content (AvgIpc) is 2.44. The lowest BCUT2D eigenvalue weighted by Crippen LogP contribution is -2.03. The van der Waals surface area contributed by atoms with Crippen molar-refractivity contribution >= 4 is 17.2 Å². The fourth-order valence-electron chi connectivity index (χ4n) is 1.35. The Morgan fingerprint density at radius 1 is 1.38 bits per heavy atom. The lowest BCUT2D eigenvalue weighted by Gasteiger charge is -1.93. The molecule has 0 saturated heterocycles. The zero-order valence-corrected chi connectivity index (χ0v) is 6.74. The van der Waals surface area contributed by atoms with E-state index < -0.39 is 0 Å². The maximum Gasteiger partial charge on any atom is 0.257 e. The lowest BCUT2D eigenvalue weighted by molar-refractivity contribution is -0.110. The van der Waals surface area contributed by atoms with Crippen molar-refractivity contribution < 1.29 is 4.79 Å². The molecule has 0 bridgehead atoms. The van der Waals surface area contributed by atoms with Crippen LogP contribution < -0.4 is 5.32 Å². The third kappa shape index (κ3) is 1.09. The van der Waals surface area contributed by atoms with Crippen molar-refractivity contribution in [2.45, 2.75) is 0 Å². The molecule has 1 aromatic carbocycles. The van der Waals surface area contributed by atoms with Crippen LogP contribution >= 0.6 is 0 Å². The quantitative estimate of drug-likeness (QED) is 0.474.